The first-order valence-electron chi connectivity index (χ1n) is 11.7. The summed E-state index contributed by atoms with van der Waals surface area (Å²) in [6.07, 6.45) is 2.15. The molecular formula is C27H29N3O5S. The minimum Gasteiger partial charge on any atom is -0.483 e. The molecule has 9 heteroatoms. The van der Waals surface area contributed by atoms with Crippen LogP contribution >= 0.6 is 12.2 Å². The third-order valence-electron chi connectivity index (χ3n) is 5.18. The highest BCUT2D eigenvalue weighted by atomic mass is 32.1. The topological polar surface area (TPSA) is 106 Å². The first kappa shape index (κ1) is 26.6. The summed E-state index contributed by atoms with van der Waals surface area (Å²) in [5, 5.41) is 4.31. The second kappa shape index (κ2) is 14.4. The fraction of sp³-hybridized carbons (Fsp3) is 0.259. The van der Waals surface area contributed by atoms with E-state index in [2.05, 4.69) is 16.2 Å². The lowest BCUT2D eigenvalue weighted by Gasteiger charge is -2.12. The van der Waals surface area contributed by atoms with Crippen LogP contribution in [0, 0.1) is 0 Å². The highest BCUT2D eigenvalue weighted by molar-refractivity contribution is 7.80. The van der Waals surface area contributed by atoms with Crippen LogP contribution in [-0.2, 0) is 25.5 Å². The summed E-state index contributed by atoms with van der Waals surface area (Å²) in [6, 6.07) is 23.3. The maximum atomic E-state index is 12.1. The van der Waals surface area contributed by atoms with Crippen molar-refractivity contribution < 1.29 is 23.9 Å². The monoisotopic (exact) mass is 507 g/mol. The van der Waals surface area contributed by atoms with Gasteiger partial charge in [-0.25, -0.2) is 0 Å². The number of fused-ring (bicyclic) bond motifs is 1. The van der Waals surface area contributed by atoms with Crippen LogP contribution in [0.15, 0.2) is 72.8 Å². The van der Waals surface area contributed by atoms with Gasteiger partial charge in [0.1, 0.15) is 5.75 Å². The second-order valence-electron chi connectivity index (χ2n) is 7.98. The fourth-order valence-corrected chi connectivity index (χ4v) is 3.59. The minimum absolute atomic E-state index is 0.0537. The van der Waals surface area contributed by atoms with Crippen molar-refractivity contribution in [3.63, 3.8) is 0 Å². The Morgan fingerprint density at radius 2 is 1.53 bits per heavy atom. The molecule has 0 aliphatic heterocycles. The maximum absolute atomic E-state index is 12.1. The third-order valence-corrected chi connectivity index (χ3v) is 5.38. The van der Waals surface area contributed by atoms with Crippen LogP contribution in [0.5, 0.6) is 5.75 Å². The van der Waals surface area contributed by atoms with Crippen molar-refractivity contribution in [2.75, 3.05) is 13.2 Å². The molecule has 3 aromatic rings. The van der Waals surface area contributed by atoms with Crippen LogP contribution in [0.25, 0.3) is 10.8 Å². The number of carbonyl (C=O) groups is 3. The van der Waals surface area contributed by atoms with E-state index in [4.69, 9.17) is 21.7 Å². The second-order valence-corrected chi connectivity index (χ2v) is 8.39. The van der Waals surface area contributed by atoms with Gasteiger partial charge in [-0.3, -0.25) is 25.2 Å². The summed E-state index contributed by atoms with van der Waals surface area (Å²) in [4.78, 5) is 35.9. The van der Waals surface area contributed by atoms with Crippen molar-refractivity contribution in [3.05, 3.63) is 78.4 Å². The van der Waals surface area contributed by atoms with Crippen molar-refractivity contribution in [2.45, 2.75) is 32.1 Å². The fourth-order valence-electron chi connectivity index (χ4n) is 3.42. The van der Waals surface area contributed by atoms with E-state index in [9.17, 15) is 14.4 Å². The van der Waals surface area contributed by atoms with E-state index in [0.717, 1.165) is 23.6 Å². The van der Waals surface area contributed by atoms with Gasteiger partial charge in [-0.05, 0) is 48.5 Å². The molecule has 0 fully saturated rings. The molecule has 0 saturated carbocycles. The van der Waals surface area contributed by atoms with Gasteiger partial charge in [0.25, 0.3) is 5.91 Å². The molecule has 36 heavy (non-hydrogen) atoms. The summed E-state index contributed by atoms with van der Waals surface area (Å²) in [6.45, 7) is 0.114. The van der Waals surface area contributed by atoms with E-state index in [1.54, 1.807) is 6.07 Å². The molecule has 0 aliphatic rings. The largest absolute Gasteiger partial charge is 0.483 e. The molecule has 0 unspecified atom stereocenters. The van der Waals surface area contributed by atoms with E-state index >= 15 is 0 Å². The molecule has 0 radical (unpaired) electrons. The highest BCUT2D eigenvalue weighted by Gasteiger charge is 2.10. The zero-order chi connectivity index (χ0) is 25.6. The summed E-state index contributed by atoms with van der Waals surface area (Å²) in [7, 11) is 0. The predicted molar refractivity (Wildman–Crippen MR) is 141 cm³/mol. The van der Waals surface area contributed by atoms with Gasteiger partial charge in [-0.2, -0.15) is 0 Å². The first-order chi connectivity index (χ1) is 17.5. The molecule has 188 valence electrons. The van der Waals surface area contributed by atoms with Crippen LogP contribution in [-0.4, -0.2) is 36.1 Å². The molecule has 3 rings (SSSR count). The number of hydrogen-bond donors (Lipinski definition) is 3. The predicted octanol–water partition coefficient (Wildman–Crippen LogP) is 3.59. The molecule has 8 nitrogen and oxygen atoms in total. The lowest BCUT2D eigenvalue weighted by molar-refractivity contribution is -0.143. The van der Waals surface area contributed by atoms with E-state index in [-0.39, 0.29) is 36.4 Å². The Morgan fingerprint density at radius 3 is 2.36 bits per heavy atom. The SMILES string of the molecule is O=C(COc1cccc2ccccc12)NNC(=S)NC(=O)CCCC(=O)OCCCc1ccccc1. The zero-order valence-electron chi connectivity index (χ0n) is 19.8. The quantitative estimate of drug-likeness (QED) is 0.158. The van der Waals surface area contributed by atoms with E-state index < -0.39 is 5.91 Å². The molecule has 0 aliphatic carbocycles. The number of amides is 2. The molecular weight excluding hydrogens is 478 g/mol. The van der Waals surface area contributed by atoms with Crippen molar-refractivity contribution in [1.29, 1.82) is 0 Å². The van der Waals surface area contributed by atoms with E-state index in [1.165, 1.54) is 5.56 Å². The van der Waals surface area contributed by atoms with Crippen LogP contribution < -0.4 is 20.9 Å². The number of hydrogen-bond acceptors (Lipinski definition) is 6. The number of aryl methyl sites for hydroxylation is 1. The first-order valence-corrected chi connectivity index (χ1v) is 12.1. The third kappa shape index (κ3) is 9.34. The number of ether oxygens (including phenoxy) is 2. The normalized spacial score (nSPS) is 10.3. The zero-order valence-corrected chi connectivity index (χ0v) is 20.6. The summed E-state index contributed by atoms with van der Waals surface area (Å²) < 4.78 is 10.8. The molecule has 3 N–H and O–H groups in total. The minimum atomic E-state index is -0.463. The molecule has 0 bridgehead atoms. The van der Waals surface area contributed by atoms with Crippen molar-refractivity contribution in [3.8, 4) is 5.75 Å². The van der Waals surface area contributed by atoms with Gasteiger partial charge in [-0.15, -0.1) is 0 Å². The smallest absolute Gasteiger partial charge is 0.305 e. The van der Waals surface area contributed by atoms with Gasteiger partial charge in [0.2, 0.25) is 5.91 Å². The number of thiocarbonyl (C=S) groups is 1. The van der Waals surface area contributed by atoms with E-state index in [1.807, 2.05) is 66.7 Å². The lowest BCUT2D eigenvalue weighted by Crippen LogP contribution is -2.49. The van der Waals surface area contributed by atoms with Crippen molar-refractivity contribution in [2.24, 2.45) is 0 Å². The summed E-state index contributed by atoms with van der Waals surface area (Å²) >= 11 is 5.01. The van der Waals surface area contributed by atoms with Crippen molar-refractivity contribution >= 4 is 45.9 Å². The Balaban J connectivity index is 1.24. The number of hydrazine groups is 1. The average molecular weight is 508 g/mol. The Labute approximate surface area is 215 Å². The average Bonchev–Trinajstić information content (AvgIpc) is 2.89. The van der Waals surface area contributed by atoms with Gasteiger partial charge in [0, 0.05) is 18.2 Å². The van der Waals surface area contributed by atoms with Crippen LogP contribution in [0.3, 0.4) is 0 Å². The molecule has 2 amide bonds. The number of carbonyl (C=O) groups excluding carboxylic acids is 3. The van der Waals surface area contributed by atoms with Gasteiger partial charge in [-0.1, -0.05) is 66.7 Å². The standard InChI is InChI=1S/C27H29N3O5S/c31-24(16-7-17-26(33)34-18-8-11-20-9-2-1-3-10-20)28-27(36)30-29-25(32)19-35-23-15-6-13-21-12-4-5-14-22(21)23/h1-6,9-10,12-15H,7-8,11,16-19H2,(H,29,32)(H2,28,30,31,36). The van der Waals surface area contributed by atoms with Gasteiger partial charge >= 0.3 is 5.97 Å². The lowest BCUT2D eigenvalue weighted by atomic mass is 10.1. The molecule has 0 atom stereocenters. The number of benzene rings is 3. The Hall–Kier alpha value is -3.98. The number of rotatable bonds is 11. The Bertz CT molecular complexity index is 1180. The molecule has 0 spiro atoms. The number of esters is 1. The Kier molecular flexibility index (Phi) is 10.7. The summed E-state index contributed by atoms with van der Waals surface area (Å²) in [5.41, 5.74) is 6.04. The van der Waals surface area contributed by atoms with Gasteiger partial charge in [0.15, 0.2) is 11.7 Å². The Morgan fingerprint density at radius 1 is 0.778 bits per heavy atom. The van der Waals surface area contributed by atoms with Gasteiger partial charge < -0.3 is 14.8 Å². The maximum Gasteiger partial charge on any atom is 0.305 e. The molecule has 3 aromatic carbocycles. The number of nitrogens with one attached hydrogen (secondary N) is 3. The molecule has 0 saturated heterocycles. The highest BCUT2D eigenvalue weighted by Crippen LogP contribution is 2.24. The van der Waals surface area contributed by atoms with Crippen LogP contribution in [0.1, 0.15) is 31.2 Å². The van der Waals surface area contributed by atoms with Crippen LogP contribution in [0.2, 0.25) is 0 Å². The van der Waals surface area contributed by atoms with E-state index in [0.29, 0.717) is 18.8 Å². The molecule has 0 heterocycles. The van der Waals surface area contributed by atoms with Crippen molar-refractivity contribution in [1.82, 2.24) is 16.2 Å². The van der Waals surface area contributed by atoms with Crippen LogP contribution in [0.4, 0.5) is 0 Å². The van der Waals surface area contributed by atoms with Gasteiger partial charge in [0.05, 0.1) is 6.61 Å². The summed E-state index contributed by atoms with van der Waals surface area (Å²) in [5.74, 6) is -0.580. The molecule has 0 aromatic heterocycles.